The van der Waals surface area contributed by atoms with Gasteiger partial charge in [-0.2, -0.15) is 8.42 Å². The van der Waals surface area contributed by atoms with Crippen LogP contribution in [0.5, 0.6) is 5.75 Å². The third-order valence-electron chi connectivity index (χ3n) is 2.69. The van der Waals surface area contributed by atoms with E-state index in [-0.39, 0.29) is 12.2 Å². The van der Waals surface area contributed by atoms with E-state index in [1.165, 1.54) is 11.3 Å². The average Bonchev–Trinajstić information content (AvgIpc) is 2.63. The molecule has 2 aromatic rings. The Morgan fingerprint density at radius 2 is 2.21 bits per heavy atom. The summed E-state index contributed by atoms with van der Waals surface area (Å²) in [5, 5.41) is 7.89. The first-order valence-electron chi connectivity index (χ1n) is 5.58. The minimum Gasteiger partial charge on any atom is -0.497 e. The maximum absolute atomic E-state index is 10.7. The van der Waals surface area contributed by atoms with Crippen molar-refractivity contribution in [3.63, 3.8) is 0 Å². The number of benzene rings is 1. The summed E-state index contributed by atoms with van der Waals surface area (Å²) in [4.78, 5) is 0.346. The van der Waals surface area contributed by atoms with Crippen LogP contribution >= 0.6 is 11.3 Å². The van der Waals surface area contributed by atoms with Crippen molar-refractivity contribution < 1.29 is 17.7 Å². The Kier molecular flexibility index (Phi) is 3.93. The molecule has 0 aliphatic carbocycles. The van der Waals surface area contributed by atoms with E-state index in [0.29, 0.717) is 11.3 Å². The van der Waals surface area contributed by atoms with Gasteiger partial charge in [0, 0.05) is 6.54 Å². The van der Waals surface area contributed by atoms with Crippen LogP contribution in [0.25, 0.3) is 10.2 Å². The Labute approximate surface area is 114 Å². The van der Waals surface area contributed by atoms with Gasteiger partial charge in [-0.15, -0.1) is 0 Å². The van der Waals surface area contributed by atoms with Crippen molar-refractivity contribution in [2.45, 2.75) is 13.0 Å². The molecule has 0 spiro atoms. The van der Waals surface area contributed by atoms with E-state index in [1.54, 1.807) is 17.7 Å². The molecular weight excluding hydrogens is 288 g/mol. The topological polar surface area (TPSA) is 92.4 Å². The highest BCUT2D eigenvalue weighted by molar-refractivity contribution is 7.85. The van der Waals surface area contributed by atoms with E-state index in [0.717, 1.165) is 16.0 Å². The lowest BCUT2D eigenvalue weighted by atomic mass is 10.3. The number of ether oxygens (including phenoxy) is 1. The lowest BCUT2D eigenvalue weighted by molar-refractivity contribution is 0.415. The molecule has 6 nitrogen and oxygen atoms in total. The van der Waals surface area contributed by atoms with E-state index in [4.69, 9.17) is 14.7 Å². The Bertz CT molecular complexity index is 746. The quantitative estimate of drug-likeness (QED) is 0.818. The zero-order chi connectivity index (χ0) is 14.0. The highest BCUT2D eigenvalue weighted by atomic mass is 32.2. The van der Waals surface area contributed by atoms with Gasteiger partial charge in [-0.1, -0.05) is 11.3 Å². The normalized spacial score (nSPS) is 11.9. The Morgan fingerprint density at radius 3 is 2.84 bits per heavy atom. The minimum atomic E-state index is -3.95. The fourth-order valence-corrected chi connectivity index (χ4v) is 3.28. The number of nitrogens with one attached hydrogen (secondary N) is 1. The summed E-state index contributed by atoms with van der Waals surface area (Å²) in [6.07, 6.45) is 0.271. The zero-order valence-corrected chi connectivity index (χ0v) is 11.9. The number of hydrogen-bond acceptors (Lipinski definition) is 5. The summed E-state index contributed by atoms with van der Waals surface area (Å²) in [7, 11) is -2.37. The van der Waals surface area contributed by atoms with Crippen LogP contribution in [0.15, 0.2) is 18.2 Å². The van der Waals surface area contributed by atoms with Crippen LogP contribution in [-0.4, -0.2) is 30.4 Å². The van der Waals surface area contributed by atoms with E-state index in [1.807, 2.05) is 12.1 Å². The van der Waals surface area contributed by atoms with Crippen LogP contribution < -0.4 is 9.54 Å². The van der Waals surface area contributed by atoms with Crippen molar-refractivity contribution in [1.29, 1.82) is 5.41 Å². The van der Waals surface area contributed by atoms with Gasteiger partial charge in [0.2, 0.25) is 0 Å². The van der Waals surface area contributed by atoms with Crippen molar-refractivity contribution in [3.05, 3.63) is 23.0 Å². The molecule has 1 heterocycles. The van der Waals surface area contributed by atoms with E-state index in [9.17, 15) is 8.42 Å². The first kappa shape index (κ1) is 14.0. The largest absolute Gasteiger partial charge is 0.497 e. The Balaban J connectivity index is 2.28. The summed E-state index contributed by atoms with van der Waals surface area (Å²) < 4.78 is 37.8. The molecule has 0 aliphatic heterocycles. The third-order valence-corrected chi connectivity index (χ3v) is 4.46. The smallest absolute Gasteiger partial charge is 0.264 e. The highest BCUT2D eigenvalue weighted by Gasteiger charge is 2.09. The molecule has 0 bridgehead atoms. The predicted molar refractivity (Wildman–Crippen MR) is 73.3 cm³/mol. The van der Waals surface area contributed by atoms with E-state index in [2.05, 4.69) is 0 Å². The molecule has 0 saturated carbocycles. The van der Waals surface area contributed by atoms with Gasteiger partial charge in [-0.25, -0.2) is 0 Å². The molecule has 0 fully saturated rings. The number of hydrogen-bond donors (Lipinski definition) is 2. The molecule has 0 saturated heterocycles. The fourth-order valence-electron chi connectivity index (χ4n) is 1.82. The highest BCUT2D eigenvalue weighted by Crippen LogP contribution is 2.23. The molecule has 19 heavy (non-hydrogen) atoms. The number of aryl methyl sites for hydroxylation is 1. The number of methoxy groups -OCH3 is 1. The standard InChI is InChI=1S/C11H14N2O4S2/c1-17-8-3-4-9-10(7-8)18-11(12)13(9)5-2-6-19(14,15)16/h3-4,7,12H,2,5-6H2,1H3,(H,14,15,16). The SMILES string of the molecule is COc1ccc2c(c1)sc(=N)n2CCCS(=O)(=O)O. The van der Waals surface area contributed by atoms with Gasteiger partial charge in [0.1, 0.15) is 5.75 Å². The fraction of sp³-hybridized carbons (Fsp3) is 0.364. The number of rotatable bonds is 5. The number of aromatic nitrogens is 1. The van der Waals surface area contributed by atoms with Gasteiger partial charge in [0.15, 0.2) is 4.80 Å². The lowest BCUT2D eigenvalue weighted by Gasteiger charge is -2.04. The van der Waals surface area contributed by atoms with Crippen molar-refractivity contribution in [2.24, 2.45) is 0 Å². The van der Waals surface area contributed by atoms with Crippen molar-refractivity contribution in [2.75, 3.05) is 12.9 Å². The van der Waals surface area contributed by atoms with Crippen LogP contribution in [0, 0.1) is 5.41 Å². The van der Waals surface area contributed by atoms with Gasteiger partial charge in [-0.3, -0.25) is 9.96 Å². The maximum Gasteiger partial charge on any atom is 0.264 e. The first-order valence-corrected chi connectivity index (χ1v) is 8.00. The molecule has 2 N–H and O–H groups in total. The Morgan fingerprint density at radius 1 is 1.47 bits per heavy atom. The van der Waals surface area contributed by atoms with Crippen molar-refractivity contribution >= 4 is 31.7 Å². The van der Waals surface area contributed by atoms with E-state index >= 15 is 0 Å². The molecule has 0 aliphatic rings. The van der Waals surface area contributed by atoms with Crippen LogP contribution in [-0.2, 0) is 16.7 Å². The predicted octanol–water partition coefficient (Wildman–Crippen LogP) is 1.47. The van der Waals surface area contributed by atoms with Gasteiger partial charge in [0.25, 0.3) is 10.1 Å². The van der Waals surface area contributed by atoms with Crippen molar-refractivity contribution in [1.82, 2.24) is 4.57 Å². The van der Waals surface area contributed by atoms with Gasteiger partial charge in [-0.05, 0) is 24.6 Å². The maximum atomic E-state index is 10.7. The van der Waals surface area contributed by atoms with Crippen LogP contribution in [0.3, 0.4) is 0 Å². The molecule has 104 valence electrons. The summed E-state index contributed by atoms with van der Waals surface area (Å²) in [6.45, 7) is 0.380. The third kappa shape index (κ3) is 3.34. The molecule has 0 atom stereocenters. The second-order valence-electron chi connectivity index (χ2n) is 4.03. The van der Waals surface area contributed by atoms with Gasteiger partial charge >= 0.3 is 0 Å². The summed E-state index contributed by atoms with van der Waals surface area (Å²) in [5.74, 6) is 0.422. The van der Waals surface area contributed by atoms with Crippen LogP contribution in [0.1, 0.15) is 6.42 Å². The molecule has 0 radical (unpaired) electrons. The van der Waals surface area contributed by atoms with Gasteiger partial charge in [0.05, 0.1) is 23.1 Å². The lowest BCUT2D eigenvalue weighted by Crippen LogP contribution is -2.15. The minimum absolute atomic E-state index is 0.271. The van der Waals surface area contributed by atoms with E-state index < -0.39 is 10.1 Å². The molecule has 8 heteroatoms. The molecule has 2 rings (SSSR count). The molecule has 0 unspecified atom stereocenters. The molecule has 1 aromatic heterocycles. The number of nitrogens with zero attached hydrogens (tertiary/aromatic N) is 1. The summed E-state index contributed by atoms with van der Waals surface area (Å²) in [5.41, 5.74) is 0.867. The van der Waals surface area contributed by atoms with Gasteiger partial charge < -0.3 is 9.30 Å². The van der Waals surface area contributed by atoms with Crippen LogP contribution in [0.4, 0.5) is 0 Å². The summed E-state index contributed by atoms with van der Waals surface area (Å²) in [6, 6.07) is 5.49. The molecular formula is C11H14N2O4S2. The zero-order valence-electron chi connectivity index (χ0n) is 10.3. The first-order chi connectivity index (χ1) is 8.90. The second kappa shape index (κ2) is 5.32. The number of thiazole rings is 1. The van der Waals surface area contributed by atoms with Crippen molar-refractivity contribution in [3.8, 4) is 5.75 Å². The van der Waals surface area contributed by atoms with Crippen LogP contribution in [0.2, 0.25) is 0 Å². The second-order valence-corrected chi connectivity index (χ2v) is 6.63. The molecule has 0 amide bonds. The Hall–Kier alpha value is -1.38. The average molecular weight is 302 g/mol. The molecule has 1 aromatic carbocycles. The summed E-state index contributed by atoms with van der Waals surface area (Å²) >= 11 is 1.30. The number of fused-ring (bicyclic) bond motifs is 1. The monoisotopic (exact) mass is 302 g/mol.